The van der Waals surface area contributed by atoms with Gasteiger partial charge in [0.2, 0.25) is 0 Å². The van der Waals surface area contributed by atoms with Crippen molar-refractivity contribution in [1.82, 2.24) is 5.32 Å². The van der Waals surface area contributed by atoms with Crippen molar-refractivity contribution in [2.45, 2.75) is 57.9 Å². The monoisotopic (exact) mass is 286 g/mol. The molecule has 3 rings (SSSR count). The number of nitrogens with one attached hydrogen (secondary N) is 2. The molecule has 2 aliphatic rings. The Balaban J connectivity index is 1.66. The van der Waals surface area contributed by atoms with Crippen LogP contribution in [-0.4, -0.2) is 18.5 Å². The largest absolute Gasteiger partial charge is 0.385 e. The molecule has 0 bridgehead atoms. The molecule has 0 spiro atoms. The summed E-state index contributed by atoms with van der Waals surface area (Å²) in [6.07, 6.45) is 8.19. The second-order valence-corrected chi connectivity index (χ2v) is 6.46. The SMILES string of the molecule is CCC1CCC(NC(=O)c2cccc3c2CCCN3)CC1. The standard InChI is InChI=1S/C18H26N2O/c1-2-13-8-10-14(11-9-13)20-18(21)16-5-3-7-17-15(16)6-4-12-19-17/h3,5,7,13-14,19H,2,4,6,8-12H2,1H3,(H,20,21). The number of hydrogen-bond acceptors (Lipinski definition) is 2. The van der Waals surface area contributed by atoms with E-state index in [0.29, 0.717) is 6.04 Å². The minimum atomic E-state index is 0.121. The van der Waals surface area contributed by atoms with Crippen LogP contribution in [0.5, 0.6) is 0 Å². The Morgan fingerprint density at radius 1 is 1.29 bits per heavy atom. The van der Waals surface area contributed by atoms with Crippen LogP contribution in [0.25, 0.3) is 0 Å². The average Bonchev–Trinajstić information content (AvgIpc) is 2.55. The number of hydrogen-bond donors (Lipinski definition) is 2. The van der Waals surface area contributed by atoms with Crippen molar-refractivity contribution in [3.63, 3.8) is 0 Å². The van der Waals surface area contributed by atoms with Crippen LogP contribution in [0.2, 0.25) is 0 Å². The number of rotatable bonds is 3. The third kappa shape index (κ3) is 3.22. The van der Waals surface area contributed by atoms with Crippen molar-refractivity contribution >= 4 is 11.6 Å². The van der Waals surface area contributed by atoms with Gasteiger partial charge in [-0.1, -0.05) is 19.4 Å². The zero-order chi connectivity index (χ0) is 14.7. The van der Waals surface area contributed by atoms with E-state index in [2.05, 4.69) is 23.6 Å². The minimum absolute atomic E-state index is 0.121. The molecule has 114 valence electrons. The van der Waals surface area contributed by atoms with Crippen LogP contribution in [0, 0.1) is 5.92 Å². The first-order chi connectivity index (χ1) is 10.3. The Labute approximate surface area is 127 Å². The fraction of sp³-hybridized carbons (Fsp3) is 0.611. The summed E-state index contributed by atoms with van der Waals surface area (Å²) in [6, 6.07) is 6.41. The van der Waals surface area contributed by atoms with Gasteiger partial charge in [0.15, 0.2) is 0 Å². The van der Waals surface area contributed by atoms with Gasteiger partial charge in [-0.25, -0.2) is 0 Å². The maximum absolute atomic E-state index is 12.6. The highest BCUT2D eigenvalue weighted by atomic mass is 16.1. The first kappa shape index (κ1) is 14.4. The number of benzene rings is 1. The highest BCUT2D eigenvalue weighted by Crippen LogP contribution is 2.28. The molecule has 0 saturated heterocycles. The molecule has 1 fully saturated rings. The van der Waals surface area contributed by atoms with Gasteiger partial charge in [-0.2, -0.15) is 0 Å². The number of amides is 1. The second-order valence-electron chi connectivity index (χ2n) is 6.46. The predicted molar refractivity (Wildman–Crippen MR) is 86.8 cm³/mol. The molecule has 1 aromatic carbocycles. The summed E-state index contributed by atoms with van der Waals surface area (Å²) in [5.74, 6) is 0.988. The van der Waals surface area contributed by atoms with Gasteiger partial charge in [0.05, 0.1) is 0 Å². The molecule has 3 nitrogen and oxygen atoms in total. The molecular formula is C18H26N2O. The van der Waals surface area contributed by atoms with Gasteiger partial charge in [0, 0.05) is 23.8 Å². The van der Waals surface area contributed by atoms with E-state index in [4.69, 9.17) is 0 Å². The Hall–Kier alpha value is -1.51. The molecule has 1 aromatic rings. The van der Waals surface area contributed by atoms with Crippen LogP contribution < -0.4 is 10.6 Å². The maximum atomic E-state index is 12.6. The van der Waals surface area contributed by atoms with Crippen LogP contribution in [0.3, 0.4) is 0 Å². The summed E-state index contributed by atoms with van der Waals surface area (Å²) in [6.45, 7) is 3.28. The molecule has 1 amide bonds. The molecule has 1 aliphatic heterocycles. The van der Waals surface area contributed by atoms with E-state index in [1.54, 1.807) is 0 Å². The van der Waals surface area contributed by atoms with Crippen molar-refractivity contribution in [2.24, 2.45) is 5.92 Å². The lowest BCUT2D eigenvalue weighted by molar-refractivity contribution is 0.0920. The Bertz CT molecular complexity index is 504. The quantitative estimate of drug-likeness (QED) is 0.888. The van der Waals surface area contributed by atoms with E-state index in [1.807, 2.05) is 12.1 Å². The summed E-state index contributed by atoms with van der Waals surface area (Å²) in [5, 5.41) is 6.66. The molecule has 0 atom stereocenters. The van der Waals surface area contributed by atoms with Crippen molar-refractivity contribution in [3.8, 4) is 0 Å². The first-order valence-electron chi connectivity index (χ1n) is 8.44. The molecule has 3 heteroatoms. The Morgan fingerprint density at radius 3 is 2.86 bits per heavy atom. The highest BCUT2D eigenvalue weighted by molar-refractivity contribution is 5.97. The van der Waals surface area contributed by atoms with Gasteiger partial charge in [-0.15, -0.1) is 0 Å². The summed E-state index contributed by atoms with van der Waals surface area (Å²) in [5.41, 5.74) is 3.21. The normalized spacial score (nSPS) is 24.8. The summed E-state index contributed by atoms with van der Waals surface area (Å²) in [4.78, 5) is 12.6. The van der Waals surface area contributed by atoms with Crippen molar-refractivity contribution in [2.75, 3.05) is 11.9 Å². The molecule has 1 saturated carbocycles. The lowest BCUT2D eigenvalue weighted by Gasteiger charge is -2.29. The molecule has 0 radical (unpaired) electrons. The fourth-order valence-electron chi connectivity index (χ4n) is 3.70. The van der Waals surface area contributed by atoms with E-state index in [0.717, 1.165) is 49.4 Å². The van der Waals surface area contributed by atoms with E-state index in [-0.39, 0.29) is 5.91 Å². The van der Waals surface area contributed by atoms with Gasteiger partial charge in [-0.3, -0.25) is 4.79 Å². The highest BCUT2D eigenvalue weighted by Gasteiger charge is 2.23. The molecule has 0 unspecified atom stereocenters. The zero-order valence-corrected chi connectivity index (χ0v) is 13.0. The Morgan fingerprint density at radius 2 is 2.10 bits per heavy atom. The summed E-state index contributed by atoms with van der Waals surface area (Å²) >= 11 is 0. The molecular weight excluding hydrogens is 260 g/mol. The summed E-state index contributed by atoms with van der Waals surface area (Å²) in [7, 11) is 0. The van der Waals surface area contributed by atoms with Gasteiger partial charge in [0.1, 0.15) is 0 Å². The van der Waals surface area contributed by atoms with Crippen LogP contribution >= 0.6 is 0 Å². The predicted octanol–water partition coefficient (Wildman–Crippen LogP) is 3.74. The third-order valence-electron chi connectivity index (χ3n) is 5.10. The first-order valence-corrected chi connectivity index (χ1v) is 8.44. The topological polar surface area (TPSA) is 41.1 Å². The molecule has 2 N–H and O–H groups in total. The van der Waals surface area contributed by atoms with Crippen LogP contribution in [0.4, 0.5) is 5.69 Å². The van der Waals surface area contributed by atoms with Gasteiger partial charge in [0.25, 0.3) is 5.91 Å². The van der Waals surface area contributed by atoms with Crippen LogP contribution in [0.15, 0.2) is 18.2 Å². The zero-order valence-electron chi connectivity index (χ0n) is 13.0. The van der Waals surface area contributed by atoms with Gasteiger partial charge >= 0.3 is 0 Å². The third-order valence-corrected chi connectivity index (χ3v) is 5.10. The van der Waals surface area contributed by atoms with Crippen LogP contribution in [0.1, 0.15) is 61.4 Å². The lowest BCUT2D eigenvalue weighted by atomic mass is 9.84. The minimum Gasteiger partial charge on any atom is -0.385 e. The van der Waals surface area contributed by atoms with E-state index in [1.165, 1.54) is 24.8 Å². The smallest absolute Gasteiger partial charge is 0.251 e. The molecule has 1 heterocycles. The number of anilines is 1. The van der Waals surface area contributed by atoms with Gasteiger partial charge < -0.3 is 10.6 Å². The van der Waals surface area contributed by atoms with Crippen molar-refractivity contribution in [3.05, 3.63) is 29.3 Å². The fourth-order valence-corrected chi connectivity index (χ4v) is 3.70. The Kier molecular flexibility index (Phi) is 4.47. The molecule has 0 aromatic heterocycles. The van der Waals surface area contributed by atoms with Crippen LogP contribution in [-0.2, 0) is 6.42 Å². The van der Waals surface area contributed by atoms with E-state index >= 15 is 0 Å². The number of carbonyl (C=O) groups is 1. The molecule has 1 aliphatic carbocycles. The van der Waals surface area contributed by atoms with Crippen molar-refractivity contribution < 1.29 is 4.79 Å². The molecule has 21 heavy (non-hydrogen) atoms. The van der Waals surface area contributed by atoms with Crippen molar-refractivity contribution in [1.29, 1.82) is 0 Å². The number of carbonyl (C=O) groups excluding carboxylic acids is 1. The average molecular weight is 286 g/mol. The second kappa shape index (κ2) is 6.50. The number of fused-ring (bicyclic) bond motifs is 1. The van der Waals surface area contributed by atoms with E-state index < -0.39 is 0 Å². The summed E-state index contributed by atoms with van der Waals surface area (Å²) < 4.78 is 0. The lowest BCUT2D eigenvalue weighted by Crippen LogP contribution is -2.38. The van der Waals surface area contributed by atoms with Gasteiger partial charge in [-0.05, 0) is 62.1 Å². The van der Waals surface area contributed by atoms with E-state index in [9.17, 15) is 4.79 Å². The maximum Gasteiger partial charge on any atom is 0.251 e.